The van der Waals surface area contributed by atoms with E-state index in [0.717, 1.165) is 47.1 Å². The summed E-state index contributed by atoms with van der Waals surface area (Å²) in [7, 11) is 1.92. The van der Waals surface area contributed by atoms with E-state index in [1.165, 1.54) is 11.1 Å². The van der Waals surface area contributed by atoms with Crippen molar-refractivity contribution in [3.63, 3.8) is 0 Å². The Morgan fingerprint density at radius 1 is 0.971 bits per heavy atom. The summed E-state index contributed by atoms with van der Waals surface area (Å²) < 4.78 is 8.31. The van der Waals surface area contributed by atoms with Crippen LogP contribution in [-0.2, 0) is 26.6 Å². The highest BCUT2D eigenvalue weighted by atomic mass is 16.5. The lowest BCUT2D eigenvalue weighted by molar-refractivity contribution is 0.0760. The number of aromatic nitrogens is 2. The molecule has 1 aliphatic carbocycles. The van der Waals surface area contributed by atoms with Crippen LogP contribution in [0.2, 0.25) is 0 Å². The Kier molecular flexibility index (Phi) is 5.17. The number of aryl methyl sites for hydroxylation is 2. The first kappa shape index (κ1) is 20.7. The van der Waals surface area contributed by atoms with Gasteiger partial charge in [0.25, 0.3) is 5.91 Å². The van der Waals surface area contributed by atoms with Crippen molar-refractivity contribution in [1.82, 2.24) is 14.7 Å². The third-order valence-electron chi connectivity index (χ3n) is 6.92. The molecule has 1 unspecified atom stereocenters. The number of nitrogens with zero attached hydrogens (tertiary/aromatic N) is 3. The maximum absolute atomic E-state index is 13.4. The number of amides is 1. The number of ether oxygens (including phenoxy) is 1. The first-order valence-electron chi connectivity index (χ1n) is 11.9. The van der Waals surface area contributed by atoms with E-state index in [9.17, 15) is 4.79 Å². The molecule has 0 fully saturated rings. The van der Waals surface area contributed by atoms with Crippen molar-refractivity contribution < 1.29 is 9.53 Å². The lowest BCUT2D eigenvalue weighted by atomic mass is 9.89. The quantitative estimate of drug-likeness (QED) is 0.393. The standard InChI is InChI=1S/C29H27N3O2/c1-31-18-24(16-30-31)21-14-12-20(13-15-21)17-32-19-23-8-5-11-27(28(23)29(32)33)34-26-10-4-7-22-6-2-3-9-25(22)26/h2-3,5-6,8-9,11-16,18,26H,4,7,10,17,19H2,1H3. The third kappa shape index (κ3) is 3.77. The van der Waals surface area contributed by atoms with Crippen LogP contribution in [0.4, 0.5) is 0 Å². The largest absolute Gasteiger partial charge is 0.485 e. The van der Waals surface area contributed by atoms with Crippen LogP contribution in [0.25, 0.3) is 11.1 Å². The zero-order valence-electron chi connectivity index (χ0n) is 19.3. The van der Waals surface area contributed by atoms with E-state index in [1.54, 1.807) is 4.68 Å². The molecule has 0 saturated heterocycles. The fourth-order valence-corrected chi connectivity index (χ4v) is 5.19. The van der Waals surface area contributed by atoms with E-state index < -0.39 is 0 Å². The van der Waals surface area contributed by atoms with Crippen LogP contribution in [0.5, 0.6) is 5.75 Å². The minimum atomic E-state index is -0.00155. The van der Waals surface area contributed by atoms with Gasteiger partial charge in [0.05, 0.1) is 11.8 Å². The van der Waals surface area contributed by atoms with Gasteiger partial charge in [-0.3, -0.25) is 9.48 Å². The van der Waals surface area contributed by atoms with Crippen molar-refractivity contribution in [1.29, 1.82) is 0 Å². The maximum Gasteiger partial charge on any atom is 0.258 e. The van der Waals surface area contributed by atoms with Gasteiger partial charge in [0.15, 0.2) is 0 Å². The normalized spacial score (nSPS) is 16.9. The first-order valence-corrected chi connectivity index (χ1v) is 11.9. The van der Waals surface area contributed by atoms with Crippen LogP contribution in [0.15, 0.2) is 79.1 Å². The zero-order chi connectivity index (χ0) is 23.1. The van der Waals surface area contributed by atoms with Crippen LogP contribution < -0.4 is 4.74 Å². The second kappa shape index (κ2) is 8.49. The molecule has 0 bridgehead atoms. The summed E-state index contributed by atoms with van der Waals surface area (Å²) in [5.74, 6) is 0.754. The second-order valence-electron chi connectivity index (χ2n) is 9.25. The van der Waals surface area contributed by atoms with Gasteiger partial charge in [0, 0.05) is 31.9 Å². The van der Waals surface area contributed by atoms with Gasteiger partial charge in [-0.1, -0.05) is 60.7 Å². The van der Waals surface area contributed by atoms with Crippen molar-refractivity contribution in [2.24, 2.45) is 7.05 Å². The number of hydrogen-bond acceptors (Lipinski definition) is 3. The summed E-state index contributed by atoms with van der Waals surface area (Å²) in [6.07, 6.45) is 7.03. The summed E-state index contributed by atoms with van der Waals surface area (Å²) in [5.41, 5.74) is 7.69. The van der Waals surface area contributed by atoms with Crippen LogP contribution in [0.1, 0.15) is 51.6 Å². The topological polar surface area (TPSA) is 47.4 Å². The molecule has 6 rings (SSSR count). The van der Waals surface area contributed by atoms with Crippen molar-refractivity contribution in [3.8, 4) is 16.9 Å². The molecule has 5 heteroatoms. The van der Waals surface area contributed by atoms with E-state index >= 15 is 0 Å². The summed E-state index contributed by atoms with van der Waals surface area (Å²) in [6, 6.07) is 22.9. The highest BCUT2D eigenvalue weighted by Crippen LogP contribution is 2.38. The van der Waals surface area contributed by atoms with Crippen LogP contribution >= 0.6 is 0 Å². The molecule has 0 N–H and O–H groups in total. The monoisotopic (exact) mass is 449 g/mol. The van der Waals surface area contributed by atoms with Gasteiger partial charge in [-0.05, 0) is 53.1 Å². The Hall–Kier alpha value is -3.86. The summed E-state index contributed by atoms with van der Waals surface area (Å²) in [5, 5.41) is 4.25. The number of carbonyl (C=O) groups excluding carboxylic acids is 1. The molecule has 1 atom stereocenters. The van der Waals surface area contributed by atoms with Gasteiger partial charge in [-0.25, -0.2) is 0 Å². The van der Waals surface area contributed by atoms with Crippen LogP contribution in [0.3, 0.4) is 0 Å². The third-order valence-corrected chi connectivity index (χ3v) is 6.92. The molecule has 34 heavy (non-hydrogen) atoms. The molecule has 4 aromatic rings. The lowest BCUT2D eigenvalue weighted by Gasteiger charge is -2.27. The predicted molar refractivity (Wildman–Crippen MR) is 131 cm³/mol. The average molecular weight is 450 g/mol. The molecule has 5 nitrogen and oxygen atoms in total. The molecule has 1 amide bonds. The SMILES string of the molecule is Cn1cc(-c2ccc(CN3Cc4cccc(OC5CCCc6ccccc65)c4C3=O)cc2)cn1. The Bertz CT molecular complexity index is 1360. The van der Waals surface area contributed by atoms with E-state index in [0.29, 0.717) is 18.8 Å². The molecular weight excluding hydrogens is 422 g/mol. The average Bonchev–Trinajstić information content (AvgIpc) is 3.43. The first-order chi connectivity index (χ1) is 16.7. The molecule has 1 aliphatic heterocycles. The van der Waals surface area contributed by atoms with E-state index in [4.69, 9.17) is 4.74 Å². The van der Waals surface area contributed by atoms with Gasteiger partial charge in [0.2, 0.25) is 0 Å². The molecular formula is C29H27N3O2. The molecule has 0 spiro atoms. The van der Waals surface area contributed by atoms with Crippen LogP contribution in [-0.4, -0.2) is 20.6 Å². The predicted octanol–water partition coefficient (Wildman–Crippen LogP) is 5.70. The lowest BCUT2D eigenvalue weighted by Crippen LogP contribution is -2.23. The summed E-state index contributed by atoms with van der Waals surface area (Å²) in [6.45, 7) is 1.18. The van der Waals surface area contributed by atoms with E-state index in [2.05, 4.69) is 53.6 Å². The Morgan fingerprint density at radius 2 is 1.79 bits per heavy atom. The number of benzene rings is 3. The Labute approximate surface area is 199 Å². The smallest absolute Gasteiger partial charge is 0.258 e. The highest BCUT2D eigenvalue weighted by molar-refractivity contribution is 6.01. The van der Waals surface area contributed by atoms with Gasteiger partial charge < -0.3 is 9.64 Å². The minimum absolute atomic E-state index is 0.00155. The van der Waals surface area contributed by atoms with Crippen molar-refractivity contribution in [3.05, 3.63) is 107 Å². The fourth-order valence-electron chi connectivity index (χ4n) is 5.19. The molecule has 0 radical (unpaired) electrons. The molecule has 0 saturated carbocycles. The Balaban J connectivity index is 1.20. The van der Waals surface area contributed by atoms with Crippen molar-refractivity contribution >= 4 is 5.91 Å². The van der Waals surface area contributed by atoms with E-state index in [1.807, 2.05) is 42.5 Å². The molecule has 2 heterocycles. The summed E-state index contributed by atoms with van der Waals surface area (Å²) >= 11 is 0. The minimum Gasteiger partial charge on any atom is -0.485 e. The van der Waals surface area contributed by atoms with Crippen molar-refractivity contribution in [2.75, 3.05) is 0 Å². The number of rotatable bonds is 5. The van der Waals surface area contributed by atoms with Gasteiger partial charge in [-0.15, -0.1) is 0 Å². The number of carbonyl (C=O) groups is 1. The molecule has 3 aromatic carbocycles. The highest BCUT2D eigenvalue weighted by Gasteiger charge is 2.32. The molecule has 170 valence electrons. The van der Waals surface area contributed by atoms with Crippen molar-refractivity contribution in [2.45, 2.75) is 38.5 Å². The van der Waals surface area contributed by atoms with Gasteiger partial charge in [0.1, 0.15) is 11.9 Å². The number of hydrogen-bond donors (Lipinski definition) is 0. The fraction of sp³-hybridized carbons (Fsp3) is 0.241. The Morgan fingerprint density at radius 3 is 2.62 bits per heavy atom. The van der Waals surface area contributed by atoms with Gasteiger partial charge >= 0.3 is 0 Å². The molecule has 2 aliphatic rings. The zero-order valence-corrected chi connectivity index (χ0v) is 19.3. The second-order valence-corrected chi connectivity index (χ2v) is 9.25. The number of fused-ring (bicyclic) bond motifs is 2. The summed E-state index contributed by atoms with van der Waals surface area (Å²) in [4.78, 5) is 15.3. The van der Waals surface area contributed by atoms with Crippen LogP contribution in [0, 0.1) is 0 Å². The van der Waals surface area contributed by atoms with E-state index in [-0.39, 0.29) is 12.0 Å². The maximum atomic E-state index is 13.4. The molecule has 1 aromatic heterocycles. The van der Waals surface area contributed by atoms with Gasteiger partial charge in [-0.2, -0.15) is 5.10 Å².